The summed E-state index contributed by atoms with van der Waals surface area (Å²) in [6.07, 6.45) is 20.4. The van der Waals surface area contributed by atoms with Gasteiger partial charge in [-0.15, -0.1) is 0 Å². The number of carbonyl (C=O) groups is 1. The second-order valence-electron chi connectivity index (χ2n) is 6.97. The van der Waals surface area contributed by atoms with Gasteiger partial charge in [-0.05, 0) is 12.8 Å². The number of carboxylic acid groups (broad SMARTS) is 1. The lowest BCUT2D eigenvalue weighted by Crippen LogP contribution is -2.30. The number of alkyl halides is 1. The molecule has 0 aromatic carbocycles. The summed E-state index contributed by atoms with van der Waals surface area (Å²) in [6, 6.07) is 0. The average Bonchev–Trinajstić information content (AvgIpc) is 2.54. The minimum atomic E-state index is -0.643. The monoisotopic (exact) mass is 438 g/mol. The Hall–Kier alpha value is 0.200. The maximum absolute atomic E-state index is 11.2. The van der Waals surface area contributed by atoms with Gasteiger partial charge in [-0.1, -0.05) is 126 Å². The fourth-order valence-electron chi connectivity index (χ4n) is 3.03. The highest BCUT2D eigenvalue weighted by Crippen LogP contribution is 2.30. The van der Waals surface area contributed by atoms with Crippen molar-refractivity contribution < 1.29 is 9.90 Å². The first-order chi connectivity index (χ1) is 11.1. The van der Waals surface area contributed by atoms with E-state index in [1.807, 2.05) is 6.92 Å². The predicted octanol–water partition coefficient (Wildman–Crippen LogP) is 7.53. The molecule has 0 fully saturated rings. The van der Waals surface area contributed by atoms with Crippen LogP contribution in [0.5, 0.6) is 0 Å². The third-order valence-electron chi connectivity index (χ3n) is 4.87. The van der Waals surface area contributed by atoms with E-state index in [-0.39, 0.29) is 0 Å². The van der Waals surface area contributed by atoms with E-state index in [1.165, 1.54) is 83.5 Å². The van der Waals surface area contributed by atoms with Crippen LogP contribution in [0.25, 0.3) is 0 Å². The van der Waals surface area contributed by atoms with Gasteiger partial charge in [0.15, 0.2) is 0 Å². The zero-order chi connectivity index (χ0) is 17.4. The molecule has 23 heavy (non-hydrogen) atoms. The highest BCUT2D eigenvalue weighted by Gasteiger charge is 2.32. The highest BCUT2D eigenvalue weighted by molar-refractivity contribution is 14.1. The van der Waals surface area contributed by atoms with Gasteiger partial charge in [-0.25, -0.2) is 0 Å². The van der Waals surface area contributed by atoms with Crippen LogP contribution in [0.3, 0.4) is 0 Å². The average molecular weight is 438 g/mol. The van der Waals surface area contributed by atoms with Crippen LogP contribution in [0.4, 0.5) is 0 Å². The molecular formula is C20H39IO2. The van der Waals surface area contributed by atoms with Gasteiger partial charge in [0.25, 0.3) is 0 Å². The Bertz CT molecular complexity index is 281. The van der Waals surface area contributed by atoms with Gasteiger partial charge in [-0.2, -0.15) is 0 Å². The van der Waals surface area contributed by atoms with E-state index in [4.69, 9.17) is 0 Å². The molecule has 0 rings (SSSR count). The number of aliphatic carboxylic acids is 1. The Morgan fingerprint density at radius 3 is 1.39 bits per heavy atom. The summed E-state index contributed by atoms with van der Waals surface area (Å²) < 4.78 is -0.533. The Balaban J connectivity index is 3.26. The molecule has 0 aliphatic carbocycles. The molecule has 0 aromatic heterocycles. The molecule has 0 heterocycles. The maximum atomic E-state index is 11.2. The molecule has 0 aliphatic heterocycles. The first-order valence-corrected chi connectivity index (χ1v) is 11.1. The molecule has 3 heteroatoms. The summed E-state index contributed by atoms with van der Waals surface area (Å²) in [5.41, 5.74) is 0. The Morgan fingerprint density at radius 2 is 1.09 bits per heavy atom. The van der Waals surface area contributed by atoms with Gasteiger partial charge < -0.3 is 5.11 Å². The molecule has 0 amide bonds. The van der Waals surface area contributed by atoms with Crippen molar-refractivity contribution in [3.8, 4) is 0 Å². The third-order valence-corrected chi connectivity index (χ3v) is 6.63. The summed E-state index contributed by atoms with van der Waals surface area (Å²) in [5, 5.41) is 9.23. The van der Waals surface area contributed by atoms with Crippen molar-refractivity contribution in [3.05, 3.63) is 0 Å². The Morgan fingerprint density at radius 1 is 0.739 bits per heavy atom. The third kappa shape index (κ3) is 13.2. The van der Waals surface area contributed by atoms with Gasteiger partial charge in [0.05, 0.1) is 0 Å². The summed E-state index contributed by atoms with van der Waals surface area (Å²) in [7, 11) is 0. The van der Waals surface area contributed by atoms with E-state index in [0.717, 1.165) is 19.3 Å². The minimum absolute atomic E-state index is 0.533. The first kappa shape index (κ1) is 23.2. The number of halogens is 1. The van der Waals surface area contributed by atoms with E-state index < -0.39 is 9.39 Å². The normalized spacial score (nSPS) is 13.9. The van der Waals surface area contributed by atoms with Crippen molar-refractivity contribution in [1.29, 1.82) is 0 Å². The first-order valence-electron chi connectivity index (χ1n) is 9.99. The number of hydrogen-bond acceptors (Lipinski definition) is 1. The lowest BCUT2D eigenvalue weighted by atomic mass is 9.97. The Kier molecular flexibility index (Phi) is 15.8. The van der Waals surface area contributed by atoms with Crippen molar-refractivity contribution in [2.75, 3.05) is 0 Å². The van der Waals surface area contributed by atoms with Crippen molar-refractivity contribution in [1.82, 2.24) is 0 Å². The van der Waals surface area contributed by atoms with Crippen molar-refractivity contribution >= 4 is 28.6 Å². The van der Waals surface area contributed by atoms with Crippen LogP contribution >= 0.6 is 22.6 Å². The van der Waals surface area contributed by atoms with Crippen LogP contribution in [-0.2, 0) is 4.79 Å². The highest BCUT2D eigenvalue weighted by atomic mass is 127. The van der Waals surface area contributed by atoms with E-state index in [2.05, 4.69) is 29.5 Å². The topological polar surface area (TPSA) is 37.3 Å². The summed E-state index contributed by atoms with van der Waals surface area (Å²) >= 11 is 2.13. The molecule has 0 saturated heterocycles. The molecule has 0 aromatic rings. The van der Waals surface area contributed by atoms with Crippen molar-refractivity contribution in [3.63, 3.8) is 0 Å². The fourth-order valence-corrected chi connectivity index (χ4v) is 3.42. The molecule has 0 radical (unpaired) electrons. The zero-order valence-electron chi connectivity index (χ0n) is 15.5. The zero-order valence-corrected chi connectivity index (χ0v) is 17.7. The second kappa shape index (κ2) is 15.7. The number of rotatable bonds is 17. The lowest BCUT2D eigenvalue weighted by Gasteiger charge is -2.20. The molecule has 1 atom stereocenters. The van der Waals surface area contributed by atoms with Crippen molar-refractivity contribution in [2.24, 2.45) is 0 Å². The van der Waals surface area contributed by atoms with Crippen LogP contribution in [0.1, 0.15) is 117 Å². The fraction of sp³-hybridized carbons (Fsp3) is 0.950. The summed E-state index contributed by atoms with van der Waals surface area (Å²) in [5.74, 6) is -0.643. The van der Waals surface area contributed by atoms with E-state index in [1.54, 1.807) is 0 Å². The van der Waals surface area contributed by atoms with Crippen LogP contribution in [-0.4, -0.2) is 14.5 Å². The molecule has 0 saturated carbocycles. The Labute approximate surface area is 158 Å². The molecule has 0 bridgehead atoms. The van der Waals surface area contributed by atoms with Crippen LogP contribution in [0.2, 0.25) is 0 Å². The summed E-state index contributed by atoms with van der Waals surface area (Å²) in [6.45, 7) is 4.25. The minimum Gasteiger partial charge on any atom is -0.480 e. The second-order valence-corrected chi connectivity index (χ2v) is 9.04. The number of unbranched alkanes of at least 4 members (excludes halogenated alkanes) is 13. The van der Waals surface area contributed by atoms with E-state index in [0.29, 0.717) is 0 Å². The molecule has 0 spiro atoms. The van der Waals surface area contributed by atoms with Crippen LogP contribution < -0.4 is 0 Å². The van der Waals surface area contributed by atoms with Crippen molar-refractivity contribution in [2.45, 2.75) is 120 Å². The largest absolute Gasteiger partial charge is 0.480 e. The maximum Gasteiger partial charge on any atom is 0.319 e. The molecule has 1 unspecified atom stereocenters. The molecular weight excluding hydrogens is 399 g/mol. The molecule has 1 N–H and O–H groups in total. The number of hydrogen-bond donors (Lipinski definition) is 1. The molecule has 138 valence electrons. The standard InChI is InChI=1S/C20H39IO2/c1-3-5-6-7-8-9-10-11-12-13-14-15-16-17-18-20(21,4-2)19(22)23/h3-18H2,1-2H3,(H,22,23). The van der Waals surface area contributed by atoms with Crippen LogP contribution in [0.15, 0.2) is 0 Å². The van der Waals surface area contributed by atoms with Gasteiger partial charge in [-0.3, -0.25) is 4.79 Å². The molecule has 2 nitrogen and oxygen atoms in total. The summed E-state index contributed by atoms with van der Waals surface area (Å²) in [4.78, 5) is 11.2. The smallest absolute Gasteiger partial charge is 0.319 e. The van der Waals surface area contributed by atoms with E-state index in [9.17, 15) is 9.90 Å². The number of carboxylic acids is 1. The van der Waals surface area contributed by atoms with E-state index >= 15 is 0 Å². The van der Waals surface area contributed by atoms with Gasteiger partial charge >= 0.3 is 5.97 Å². The lowest BCUT2D eigenvalue weighted by molar-refractivity contribution is -0.139. The van der Waals surface area contributed by atoms with Gasteiger partial charge in [0, 0.05) is 0 Å². The quantitative estimate of drug-likeness (QED) is 0.145. The van der Waals surface area contributed by atoms with Crippen LogP contribution in [0, 0.1) is 0 Å². The van der Waals surface area contributed by atoms with Gasteiger partial charge in [0.1, 0.15) is 3.42 Å². The van der Waals surface area contributed by atoms with Gasteiger partial charge in [0.2, 0.25) is 0 Å². The molecule has 0 aliphatic rings. The predicted molar refractivity (Wildman–Crippen MR) is 110 cm³/mol. The SMILES string of the molecule is CCCCCCCCCCCCCCCCC(I)(CC)C(=O)O.